The van der Waals surface area contributed by atoms with Gasteiger partial charge < -0.3 is 10.5 Å². The van der Waals surface area contributed by atoms with Crippen LogP contribution in [0.25, 0.3) is 0 Å². The van der Waals surface area contributed by atoms with Gasteiger partial charge in [0.2, 0.25) is 0 Å². The lowest BCUT2D eigenvalue weighted by atomic mass is 9.98. The summed E-state index contributed by atoms with van der Waals surface area (Å²) >= 11 is 3.51. The van der Waals surface area contributed by atoms with E-state index in [2.05, 4.69) is 41.9 Å². The van der Waals surface area contributed by atoms with E-state index < -0.39 is 0 Å². The zero-order valence-electron chi connectivity index (χ0n) is 11.9. The van der Waals surface area contributed by atoms with Crippen LogP contribution in [0.3, 0.4) is 0 Å². The van der Waals surface area contributed by atoms with Crippen LogP contribution in [0.1, 0.15) is 36.1 Å². The first-order chi connectivity index (χ1) is 9.61. The Bertz CT molecular complexity index is 566. The van der Waals surface area contributed by atoms with Crippen LogP contribution in [-0.2, 0) is 0 Å². The van der Waals surface area contributed by atoms with Crippen molar-refractivity contribution in [3.63, 3.8) is 0 Å². The van der Waals surface area contributed by atoms with E-state index in [1.165, 1.54) is 5.56 Å². The number of halogens is 1. The van der Waals surface area contributed by atoms with E-state index >= 15 is 0 Å². The summed E-state index contributed by atoms with van der Waals surface area (Å²) in [5.41, 5.74) is 9.74. The quantitative estimate of drug-likeness (QED) is 0.868. The van der Waals surface area contributed by atoms with E-state index in [-0.39, 0.29) is 6.04 Å². The van der Waals surface area contributed by atoms with E-state index in [1.54, 1.807) is 0 Å². The molecule has 0 aliphatic rings. The van der Waals surface area contributed by atoms with E-state index in [1.807, 2.05) is 30.3 Å². The van der Waals surface area contributed by atoms with Gasteiger partial charge in [0.25, 0.3) is 0 Å². The monoisotopic (exact) mass is 333 g/mol. The molecule has 0 aliphatic heterocycles. The van der Waals surface area contributed by atoms with Gasteiger partial charge >= 0.3 is 0 Å². The summed E-state index contributed by atoms with van der Waals surface area (Å²) < 4.78 is 6.69. The Morgan fingerprint density at radius 3 is 2.35 bits per heavy atom. The number of hydrogen-bond acceptors (Lipinski definition) is 2. The van der Waals surface area contributed by atoms with E-state index in [9.17, 15) is 0 Å². The first-order valence-corrected chi connectivity index (χ1v) is 7.65. The maximum absolute atomic E-state index is 6.33. The molecule has 0 heterocycles. The van der Waals surface area contributed by atoms with Gasteiger partial charge in [-0.1, -0.05) is 47.1 Å². The average Bonchev–Trinajstić information content (AvgIpc) is 2.48. The molecule has 0 fully saturated rings. The molecule has 0 aromatic heterocycles. The Morgan fingerprint density at radius 2 is 1.75 bits per heavy atom. The molecule has 0 aliphatic carbocycles. The number of ether oxygens (including phenoxy) is 1. The van der Waals surface area contributed by atoms with Crippen molar-refractivity contribution >= 4 is 15.9 Å². The largest absolute Gasteiger partial charge is 0.494 e. The zero-order valence-corrected chi connectivity index (χ0v) is 13.5. The van der Waals surface area contributed by atoms with Crippen molar-refractivity contribution in [3.8, 4) is 5.75 Å². The summed E-state index contributed by atoms with van der Waals surface area (Å²) in [5.74, 6) is 0.898. The lowest BCUT2D eigenvalue weighted by Crippen LogP contribution is -2.12. The van der Waals surface area contributed by atoms with Gasteiger partial charge in [0, 0.05) is 4.47 Å². The van der Waals surface area contributed by atoms with Crippen LogP contribution in [0.2, 0.25) is 0 Å². The summed E-state index contributed by atoms with van der Waals surface area (Å²) in [7, 11) is 0. The van der Waals surface area contributed by atoms with Crippen LogP contribution in [0.15, 0.2) is 46.9 Å². The van der Waals surface area contributed by atoms with Crippen LogP contribution < -0.4 is 10.5 Å². The summed E-state index contributed by atoms with van der Waals surface area (Å²) in [4.78, 5) is 0. The molecule has 0 bridgehead atoms. The number of benzene rings is 2. The van der Waals surface area contributed by atoms with Gasteiger partial charge in [0.15, 0.2) is 0 Å². The average molecular weight is 334 g/mol. The fourth-order valence-electron chi connectivity index (χ4n) is 2.05. The van der Waals surface area contributed by atoms with Crippen LogP contribution in [0.4, 0.5) is 0 Å². The summed E-state index contributed by atoms with van der Waals surface area (Å²) in [5, 5.41) is 0. The molecule has 3 heteroatoms. The normalized spacial score (nSPS) is 12.2. The highest BCUT2D eigenvalue weighted by molar-refractivity contribution is 9.10. The van der Waals surface area contributed by atoms with Gasteiger partial charge in [0.05, 0.1) is 12.6 Å². The van der Waals surface area contributed by atoms with Crippen molar-refractivity contribution in [2.45, 2.75) is 26.3 Å². The number of nitrogens with two attached hydrogens (primary N) is 1. The second-order valence-corrected chi connectivity index (χ2v) is 5.76. The Kier molecular flexibility index (Phi) is 5.21. The SMILES string of the molecule is CCCOc1ccc(C(N)c2ccc(Br)c(C)c2)cc1. The Labute approximate surface area is 129 Å². The minimum atomic E-state index is -0.109. The smallest absolute Gasteiger partial charge is 0.119 e. The second-order valence-electron chi connectivity index (χ2n) is 4.90. The molecular formula is C17H20BrNO. The highest BCUT2D eigenvalue weighted by atomic mass is 79.9. The number of hydrogen-bond donors (Lipinski definition) is 1. The van der Waals surface area contributed by atoms with Crippen LogP contribution in [-0.4, -0.2) is 6.61 Å². The molecule has 0 spiro atoms. The molecule has 1 atom stereocenters. The summed E-state index contributed by atoms with van der Waals surface area (Å²) in [6, 6.07) is 14.2. The van der Waals surface area contributed by atoms with Crippen molar-refractivity contribution in [2.24, 2.45) is 5.73 Å². The maximum atomic E-state index is 6.33. The van der Waals surface area contributed by atoms with Crippen LogP contribution in [0, 0.1) is 6.92 Å². The van der Waals surface area contributed by atoms with Gasteiger partial charge in [-0.3, -0.25) is 0 Å². The van der Waals surface area contributed by atoms with E-state index in [0.717, 1.165) is 34.4 Å². The number of rotatable bonds is 5. The van der Waals surface area contributed by atoms with Crippen molar-refractivity contribution in [2.75, 3.05) is 6.61 Å². The third kappa shape index (κ3) is 3.62. The molecule has 0 saturated carbocycles. The van der Waals surface area contributed by atoms with Crippen molar-refractivity contribution in [1.82, 2.24) is 0 Å². The highest BCUT2D eigenvalue weighted by Gasteiger charge is 2.10. The fourth-order valence-corrected chi connectivity index (χ4v) is 2.29. The lowest BCUT2D eigenvalue weighted by molar-refractivity contribution is 0.317. The predicted octanol–water partition coefficient (Wildman–Crippen LogP) is 4.59. The minimum Gasteiger partial charge on any atom is -0.494 e. The van der Waals surface area contributed by atoms with Gasteiger partial charge in [-0.05, 0) is 48.2 Å². The molecule has 0 amide bonds. The van der Waals surface area contributed by atoms with Gasteiger partial charge in [-0.2, -0.15) is 0 Å². The third-order valence-corrected chi connectivity index (χ3v) is 4.14. The van der Waals surface area contributed by atoms with Gasteiger partial charge in [0.1, 0.15) is 5.75 Å². The molecule has 20 heavy (non-hydrogen) atoms. The Balaban J connectivity index is 2.15. The second kappa shape index (κ2) is 6.91. The topological polar surface area (TPSA) is 35.2 Å². The van der Waals surface area contributed by atoms with E-state index in [4.69, 9.17) is 10.5 Å². The van der Waals surface area contributed by atoms with Gasteiger partial charge in [-0.25, -0.2) is 0 Å². The Hall–Kier alpha value is -1.32. The molecule has 0 radical (unpaired) electrons. The van der Waals surface area contributed by atoms with Crippen molar-refractivity contribution < 1.29 is 4.74 Å². The third-order valence-electron chi connectivity index (χ3n) is 3.25. The minimum absolute atomic E-state index is 0.109. The molecule has 106 valence electrons. The molecule has 2 aromatic rings. The molecule has 1 unspecified atom stereocenters. The predicted molar refractivity (Wildman–Crippen MR) is 87.1 cm³/mol. The van der Waals surface area contributed by atoms with E-state index in [0.29, 0.717) is 0 Å². The maximum Gasteiger partial charge on any atom is 0.119 e. The standard InChI is InChI=1S/C17H20BrNO/c1-3-10-20-15-7-4-13(5-8-15)17(19)14-6-9-16(18)12(2)11-14/h4-9,11,17H,3,10,19H2,1-2H3. The van der Waals surface area contributed by atoms with Gasteiger partial charge in [-0.15, -0.1) is 0 Å². The first-order valence-electron chi connectivity index (χ1n) is 6.86. The molecule has 2 N–H and O–H groups in total. The summed E-state index contributed by atoms with van der Waals surface area (Å²) in [6.07, 6.45) is 1.01. The molecule has 2 rings (SSSR count). The summed E-state index contributed by atoms with van der Waals surface area (Å²) in [6.45, 7) is 4.92. The molecule has 2 nitrogen and oxygen atoms in total. The highest BCUT2D eigenvalue weighted by Crippen LogP contribution is 2.25. The van der Waals surface area contributed by atoms with Crippen molar-refractivity contribution in [1.29, 1.82) is 0 Å². The first kappa shape index (κ1) is 15.1. The lowest BCUT2D eigenvalue weighted by Gasteiger charge is -2.14. The zero-order chi connectivity index (χ0) is 14.5. The number of aryl methyl sites for hydroxylation is 1. The molecule has 0 saturated heterocycles. The molecular weight excluding hydrogens is 314 g/mol. The van der Waals surface area contributed by atoms with Crippen LogP contribution in [0.5, 0.6) is 5.75 Å². The van der Waals surface area contributed by atoms with Crippen molar-refractivity contribution in [3.05, 3.63) is 63.6 Å². The van der Waals surface area contributed by atoms with Crippen LogP contribution >= 0.6 is 15.9 Å². The fraction of sp³-hybridized carbons (Fsp3) is 0.294. The molecule has 2 aromatic carbocycles. The Morgan fingerprint density at radius 1 is 1.10 bits per heavy atom.